The molecule has 2 aromatic rings. The van der Waals surface area contributed by atoms with Crippen LogP contribution in [0.25, 0.3) is 11.0 Å². The number of fused-ring (bicyclic) bond motifs is 1. The van der Waals surface area contributed by atoms with Crippen LogP contribution in [0, 0.1) is 0 Å². The summed E-state index contributed by atoms with van der Waals surface area (Å²) in [4.78, 5) is 4.16. The van der Waals surface area contributed by atoms with Gasteiger partial charge in [-0.1, -0.05) is 0 Å². The Bertz CT molecular complexity index is 450. The lowest BCUT2D eigenvalue weighted by molar-refractivity contribution is 0.415. The molecule has 0 aliphatic heterocycles. The number of nitrogens with zero attached hydrogens (tertiary/aromatic N) is 2. The Balaban J connectivity index is 2.75. The molecule has 0 aliphatic rings. The van der Waals surface area contributed by atoms with Gasteiger partial charge in [0.05, 0.1) is 18.1 Å². The van der Waals surface area contributed by atoms with Gasteiger partial charge in [-0.05, 0) is 23.7 Å². The van der Waals surface area contributed by atoms with Crippen molar-refractivity contribution in [1.82, 2.24) is 9.55 Å². The van der Waals surface area contributed by atoms with Crippen molar-refractivity contribution < 1.29 is 4.74 Å². The smallest absolute Gasteiger partial charge is 0.203 e. The fourth-order valence-corrected chi connectivity index (χ4v) is 1.45. The summed E-state index contributed by atoms with van der Waals surface area (Å²) in [7, 11) is 3.51. The molecule has 0 fully saturated rings. The number of hydrogen-bond donors (Lipinski definition) is 0. The molecule has 1 heterocycles. The van der Waals surface area contributed by atoms with E-state index in [1.807, 2.05) is 29.8 Å². The lowest BCUT2D eigenvalue weighted by Gasteiger charge is -1.99. The summed E-state index contributed by atoms with van der Waals surface area (Å²) >= 11 is 5.86. The molecule has 68 valence electrons. The molecule has 0 aliphatic carbocycles. The van der Waals surface area contributed by atoms with E-state index in [1.165, 1.54) is 0 Å². The number of aromatic nitrogens is 2. The third-order valence-corrected chi connectivity index (χ3v) is 2.37. The maximum Gasteiger partial charge on any atom is 0.203 e. The summed E-state index contributed by atoms with van der Waals surface area (Å²) in [5, 5.41) is 0.489. The van der Waals surface area contributed by atoms with Gasteiger partial charge in [0.2, 0.25) is 5.28 Å². The lowest BCUT2D eigenvalue weighted by Crippen LogP contribution is -1.87. The molecule has 4 heteroatoms. The van der Waals surface area contributed by atoms with Crippen molar-refractivity contribution >= 4 is 22.6 Å². The zero-order valence-corrected chi connectivity index (χ0v) is 8.17. The fourth-order valence-electron chi connectivity index (χ4n) is 1.27. The Kier molecular flexibility index (Phi) is 1.88. The molecule has 0 radical (unpaired) electrons. The normalized spacial score (nSPS) is 10.7. The van der Waals surface area contributed by atoms with Crippen LogP contribution in [0.2, 0.25) is 5.28 Å². The minimum atomic E-state index is 0.489. The largest absolute Gasteiger partial charge is 0.497 e. The molecular formula is C9H9ClN2O. The SMILES string of the molecule is COc1ccc2nc(Cl)n(C)c2c1. The quantitative estimate of drug-likeness (QED) is 0.700. The number of aryl methyl sites for hydroxylation is 1. The van der Waals surface area contributed by atoms with E-state index < -0.39 is 0 Å². The summed E-state index contributed by atoms with van der Waals surface area (Å²) < 4.78 is 6.92. The highest BCUT2D eigenvalue weighted by Crippen LogP contribution is 2.22. The van der Waals surface area contributed by atoms with Gasteiger partial charge >= 0.3 is 0 Å². The molecule has 0 amide bonds. The Morgan fingerprint density at radius 2 is 2.23 bits per heavy atom. The number of imidazole rings is 1. The van der Waals surface area contributed by atoms with Crippen LogP contribution in [0.1, 0.15) is 0 Å². The molecule has 1 aromatic heterocycles. The molecule has 0 spiro atoms. The molecule has 13 heavy (non-hydrogen) atoms. The third-order valence-electron chi connectivity index (χ3n) is 2.03. The average Bonchev–Trinajstić information content (AvgIpc) is 2.43. The van der Waals surface area contributed by atoms with Crippen LogP contribution in [-0.2, 0) is 7.05 Å². The molecule has 1 aromatic carbocycles. The van der Waals surface area contributed by atoms with Crippen molar-refractivity contribution in [2.45, 2.75) is 0 Å². The van der Waals surface area contributed by atoms with Crippen molar-refractivity contribution in [3.05, 3.63) is 23.5 Å². The Hall–Kier alpha value is -1.22. The minimum Gasteiger partial charge on any atom is -0.497 e. The highest BCUT2D eigenvalue weighted by atomic mass is 35.5. The van der Waals surface area contributed by atoms with Crippen molar-refractivity contribution in [3.8, 4) is 5.75 Å². The molecule has 0 atom stereocenters. The maximum absolute atomic E-state index is 5.86. The summed E-state index contributed by atoms with van der Waals surface area (Å²) in [5.74, 6) is 0.812. The van der Waals surface area contributed by atoms with Gasteiger partial charge in [0, 0.05) is 13.1 Å². The summed E-state index contributed by atoms with van der Waals surface area (Å²) in [5.41, 5.74) is 1.86. The van der Waals surface area contributed by atoms with Gasteiger partial charge in [-0.15, -0.1) is 0 Å². The van der Waals surface area contributed by atoms with Crippen LogP contribution >= 0.6 is 11.6 Å². The van der Waals surface area contributed by atoms with E-state index in [9.17, 15) is 0 Å². The molecular weight excluding hydrogens is 188 g/mol. The number of ether oxygens (including phenoxy) is 1. The number of methoxy groups -OCH3 is 1. The van der Waals surface area contributed by atoms with E-state index >= 15 is 0 Å². The number of hydrogen-bond acceptors (Lipinski definition) is 2. The van der Waals surface area contributed by atoms with Crippen LogP contribution in [-0.4, -0.2) is 16.7 Å². The first-order valence-electron chi connectivity index (χ1n) is 3.88. The Morgan fingerprint density at radius 1 is 1.46 bits per heavy atom. The highest BCUT2D eigenvalue weighted by Gasteiger charge is 2.05. The summed E-state index contributed by atoms with van der Waals surface area (Å²) in [6.07, 6.45) is 0. The zero-order valence-electron chi connectivity index (χ0n) is 7.41. The number of rotatable bonds is 1. The summed E-state index contributed by atoms with van der Waals surface area (Å²) in [6.45, 7) is 0. The number of halogens is 1. The van der Waals surface area contributed by atoms with E-state index in [0.29, 0.717) is 5.28 Å². The molecule has 0 saturated heterocycles. The van der Waals surface area contributed by atoms with E-state index in [4.69, 9.17) is 16.3 Å². The first-order chi connectivity index (χ1) is 6.22. The average molecular weight is 197 g/mol. The Labute approximate surface area is 80.9 Å². The first-order valence-corrected chi connectivity index (χ1v) is 4.26. The molecule has 3 nitrogen and oxygen atoms in total. The van der Waals surface area contributed by atoms with E-state index in [1.54, 1.807) is 7.11 Å². The van der Waals surface area contributed by atoms with Crippen molar-refractivity contribution in [3.63, 3.8) is 0 Å². The monoisotopic (exact) mass is 196 g/mol. The Morgan fingerprint density at radius 3 is 2.92 bits per heavy atom. The maximum atomic E-state index is 5.86. The first kappa shape index (κ1) is 8.38. The van der Waals surface area contributed by atoms with Gasteiger partial charge in [0.1, 0.15) is 5.75 Å². The topological polar surface area (TPSA) is 27.1 Å². The fraction of sp³-hybridized carbons (Fsp3) is 0.222. The van der Waals surface area contributed by atoms with Gasteiger partial charge in [-0.2, -0.15) is 0 Å². The zero-order chi connectivity index (χ0) is 9.42. The van der Waals surface area contributed by atoms with E-state index in [-0.39, 0.29) is 0 Å². The van der Waals surface area contributed by atoms with Crippen LogP contribution in [0.5, 0.6) is 5.75 Å². The molecule has 0 N–H and O–H groups in total. The predicted molar refractivity (Wildman–Crippen MR) is 52.3 cm³/mol. The minimum absolute atomic E-state index is 0.489. The predicted octanol–water partition coefficient (Wildman–Crippen LogP) is 2.24. The third kappa shape index (κ3) is 1.25. The van der Waals surface area contributed by atoms with Crippen LogP contribution < -0.4 is 4.74 Å². The standard InChI is InChI=1S/C9H9ClN2O/c1-12-8-5-6(13-2)3-4-7(8)11-9(12)10/h3-5H,1-2H3. The molecule has 0 saturated carbocycles. The molecule has 0 unspecified atom stereocenters. The second-order valence-electron chi connectivity index (χ2n) is 2.79. The highest BCUT2D eigenvalue weighted by molar-refractivity contribution is 6.29. The summed E-state index contributed by atoms with van der Waals surface area (Å²) in [6, 6.07) is 5.67. The van der Waals surface area contributed by atoms with E-state index in [2.05, 4.69) is 4.98 Å². The van der Waals surface area contributed by atoms with Crippen LogP contribution in [0.4, 0.5) is 0 Å². The van der Waals surface area contributed by atoms with Gasteiger partial charge in [0.25, 0.3) is 0 Å². The van der Waals surface area contributed by atoms with Crippen molar-refractivity contribution in [1.29, 1.82) is 0 Å². The van der Waals surface area contributed by atoms with E-state index in [0.717, 1.165) is 16.8 Å². The van der Waals surface area contributed by atoms with Gasteiger partial charge < -0.3 is 9.30 Å². The van der Waals surface area contributed by atoms with Crippen molar-refractivity contribution in [2.75, 3.05) is 7.11 Å². The van der Waals surface area contributed by atoms with Gasteiger partial charge in [-0.25, -0.2) is 4.98 Å². The second kappa shape index (κ2) is 2.92. The number of benzene rings is 1. The van der Waals surface area contributed by atoms with Gasteiger partial charge in [0.15, 0.2) is 0 Å². The van der Waals surface area contributed by atoms with Crippen LogP contribution in [0.3, 0.4) is 0 Å². The second-order valence-corrected chi connectivity index (χ2v) is 3.13. The molecule has 0 bridgehead atoms. The molecule has 2 rings (SSSR count). The van der Waals surface area contributed by atoms with Crippen LogP contribution in [0.15, 0.2) is 18.2 Å². The van der Waals surface area contributed by atoms with Crippen molar-refractivity contribution in [2.24, 2.45) is 7.05 Å². The lowest BCUT2D eigenvalue weighted by atomic mass is 10.3. The van der Waals surface area contributed by atoms with Gasteiger partial charge in [-0.3, -0.25) is 0 Å².